The number of hydrogen-bond donors (Lipinski definition) is 0. The molecular formula is C23H20F3NO4. The van der Waals surface area contributed by atoms with Crippen LogP contribution in [0.5, 0.6) is 11.5 Å². The first-order valence-electron chi connectivity index (χ1n) is 9.57. The molecule has 0 amide bonds. The predicted octanol–water partition coefficient (Wildman–Crippen LogP) is 6.31. The van der Waals surface area contributed by atoms with Gasteiger partial charge in [-0.1, -0.05) is 19.1 Å². The van der Waals surface area contributed by atoms with Crippen molar-refractivity contribution in [3.05, 3.63) is 77.5 Å². The number of benzene rings is 2. The fourth-order valence-corrected chi connectivity index (χ4v) is 2.68. The Labute approximate surface area is 177 Å². The molecule has 162 valence electrons. The minimum Gasteiger partial charge on any atom is -0.487 e. The van der Waals surface area contributed by atoms with Gasteiger partial charge in [0.2, 0.25) is 5.89 Å². The molecule has 1 aromatic heterocycles. The lowest BCUT2D eigenvalue weighted by molar-refractivity contribution is -0.274. The van der Waals surface area contributed by atoms with Crippen LogP contribution < -0.4 is 9.47 Å². The van der Waals surface area contributed by atoms with Gasteiger partial charge in [0.05, 0.1) is 0 Å². The molecule has 0 spiro atoms. The number of aromatic nitrogens is 1. The number of ketones is 1. The van der Waals surface area contributed by atoms with Crippen molar-refractivity contribution in [3.63, 3.8) is 0 Å². The number of carbonyl (C=O) groups is 1. The summed E-state index contributed by atoms with van der Waals surface area (Å²) >= 11 is 0. The Morgan fingerprint density at radius 1 is 1.03 bits per heavy atom. The Hall–Kier alpha value is -3.55. The fourth-order valence-electron chi connectivity index (χ4n) is 2.68. The quantitative estimate of drug-likeness (QED) is 0.372. The normalized spacial score (nSPS) is 11.6. The molecule has 31 heavy (non-hydrogen) atoms. The van der Waals surface area contributed by atoms with Crippen LogP contribution in [-0.4, -0.2) is 17.1 Å². The van der Waals surface area contributed by atoms with E-state index in [2.05, 4.69) is 9.72 Å². The summed E-state index contributed by atoms with van der Waals surface area (Å²) < 4.78 is 51.4. The fraction of sp³-hybridized carbons (Fsp3) is 0.217. The van der Waals surface area contributed by atoms with Gasteiger partial charge in [0, 0.05) is 18.1 Å². The molecule has 3 rings (SSSR count). The van der Waals surface area contributed by atoms with Gasteiger partial charge in [0.15, 0.2) is 5.78 Å². The lowest BCUT2D eigenvalue weighted by Gasteiger charge is -2.08. The third-order valence-corrected chi connectivity index (χ3v) is 4.14. The molecule has 0 aliphatic carbocycles. The van der Waals surface area contributed by atoms with E-state index in [0.29, 0.717) is 34.9 Å². The van der Waals surface area contributed by atoms with Gasteiger partial charge in [0.1, 0.15) is 30.1 Å². The Morgan fingerprint density at radius 3 is 2.35 bits per heavy atom. The van der Waals surface area contributed by atoms with Crippen molar-refractivity contribution in [1.82, 2.24) is 4.98 Å². The first-order chi connectivity index (χ1) is 14.8. The third kappa shape index (κ3) is 7.02. The highest BCUT2D eigenvalue weighted by Gasteiger charge is 2.30. The van der Waals surface area contributed by atoms with Gasteiger partial charge in [-0.25, -0.2) is 4.98 Å². The molecule has 0 radical (unpaired) electrons. The Bertz CT molecular complexity index is 1020. The lowest BCUT2D eigenvalue weighted by atomic mass is 10.1. The minimum atomic E-state index is -4.72. The van der Waals surface area contributed by atoms with Crippen molar-refractivity contribution < 1.29 is 31.9 Å². The SMILES string of the molecule is CCCC(=O)c1ccc(OCc2coc(C=Cc3ccc(OC(F)(F)F)cc3)n2)cc1. The van der Waals surface area contributed by atoms with Gasteiger partial charge in [-0.15, -0.1) is 13.2 Å². The lowest BCUT2D eigenvalue weighted by Crippen LogP contribution is -2.16. The second-order valence-electron chi connectivity index (χ2n) is 6.61. The van der Waals surface area contributed by atoms with Crippen LogP contribution in [0.15, 0.2) is 59.2 Å². The van der Waals surface area contributed by atoms with Crippen LogP contribution in [0.4, 0.5) is 13.2 Å². The summed E-state index contributed by atoms with van der Waals surface area (Å²) in [4.78, 5) is 16.1. The summed E-state index contributed by atoms with van der Waals surface area (Å²) in [5.74, 6) is 0.747. The van der Waals surface area contributed by atoms with E-state index in [4.69, 9.17) is 9.15 Å². The molecule has 2 aromatic carbocycles. The zero-order chi connectivity index (χ0) is 22.3. The standard InChI is InChI=1S/C23H20F3NO4/c1-2-3-21(28)17-7-11-19(12-8-17)29-14-18-15-30-22(27-18)13-6-16-4-9-20(10-5-16)31-23(24,25)26/h4-13,15H,2-3,14H2,1H3. The number of alkyl halides is 3. The van der Waals surface area contributed by atoms with Gasteiger partial charge in [0.25, 0.3) is 0 Å². The summed E-state index contributed by atoms with van der Waals surface area (Å²) in [6, 6.07) is 12.3. The van der Waals surface area contributed by atoms with E-state index in [1.807, 2.05) is 6.92 Å². The minimum absolute atomic E-state index is 0.101. The van der Waals surface area contributed by atoms with Gasteiger partial charge in [-0.3, -0.25) is 4.79 Å². The van der Waals surface area contributed by atoms with Crippen LogP contribution in [0.25, 0.3) is 12.2 Å². The Kier molecular flexibility index (Phi) is 7.12. The first-order valence-corrected chi connectivity index (χ1v) is 9.57. The molecule has 3 aromatic rings. The Balaban J connectivity index is 1.52. The molecule has 0 saturated heterocycles. The van der Waals surface area contributed by atoms with Gasteiger partial charge in [-0.05, 0) is 54.5 Å². The second-order valence-corrected chi connectivity index (χ2v) is 6.61. The maximum atomic E-state index is 12.2. The van der Waals surface area contributed by atoms with Gasteiger partial charge < -0.3 is 13.9 Å². The first kappa shape index (κ1) is 22.1. The molecule has 5 nitrogen and oxygen atoms in total. The monoisotopic (exact) mass is 431 g/mol. The van der Waals surface area contributed by atoms with Crippen LogP contribution in [0, 0.1) is 0 Å². The molecule has 0 unspecified atom stereocenters. The molecule has 0 atom stereocenters. The maximum Gasteiger partial charge on any atom is 0.573 e. The average Bonchev–Trinajstić information content (AvgIpc) is 3.19. The second kappa shape index (κ2) is 9.97. The molecule has 0 aliphatic rings. The largest absolute Gasteiger partial charge is 0.573 e. The molecule has 8 heteroatoms. The van der Waals surface area contributed by atoms with Crippen LogP contribution in [0.1, 0.15) is 47.3 Å². The number of hydrogen-bond acceptors (Lipinski definition) is 5. The van der Waals surface area contributed by atoms with E-state index in [1.54, 1.807) is 36.4 Å². The third-order valence-electron chi connectivity index (χ3n) is 4.14. The highest BCUT2D eigenvalue weighted by atomic mass is 19.4. The van der Waals surface area contributed by atoms with E-state index in [9.17, 15) is 18.0 Å². The summed E-state index contributed by atoms with van der Waals surface area (Å²) in [6.45, 7) is 2.14. The van der Waals surface area contributed by atoms with Crippen molar-refractivity contribution in [2.45, 2.75) is 32.7 Å². The molecule has 0 bridgehead atoms. The number of ether oxygens (including phenoxy) is 2. The van der Waals surface area contributed by atoms with Gasteiger partial charge in [-0.2, -0.15) is 0 Å². The van der Waals surface area contributed by atoms with E-state index < -0.39 is 6.36 Å². The molecule has 0 aliphatic heterocycles. The van der Waals surface area contributed by atoms with E-state index in [0.717, 1.165) is 6.42 Å². The molecule has 1 heterocycles. The summed E-state index contributed by atoms with van der Waals surface area (Å²) in [7, 11) is 0. The van der Waals surface area contributed by atoms with Crippen molar-refractivity contribution in [1.29, 1.82) is 0 Å². The number of oxazole rings is 1. The molecule has 0 saturated carbocycles. The number of nitrogens with zero attached hydrogens (tertiary/aromatic N) is 1. The maximum absolute atomic E-state index is 12.2. The van der Waals surface area contributed by atoms with Crippen molar-refractivity contribution in [2.24, 2.45) is 0 Å². The summed E-state index contributed by atoms with van der Waals surface area (Å²) in [5, 5.41) is 0. The van der Waals surface area contributed by atoms with E-state index in [1.165, 1.54) is 30.5 Å². The molecular weight excluding hydrogens is 411 g/mol. The number of Topliss-reactive ketones (excluding diaryl/α,β-unsaturated/α-hetero) is 1. The highest BCUT2D eigenvalue weighted by molar-refractivity contribution is 5.96. The molecule has 0 N–H and O–H groups in total. The summed E-state index contributed by atoms with van der Waals surface area (Å²) in [5.41, 5.74) is 1.88. The van der Waals surface area contributed by atoms with Crippen LogP contribution >= 0.6 is 0 Å². The zero-order valence-corrected chi connectivity index (χ0v) is 16.7. The van der Waals surface area contributed by atoms with Crippen LogP contribution in [0.3, 0.4) is 0 Å². The van der Waals surface area contributed by atoms with Crippen LogP contribution in [-0.2, 0) is 6.61 Å². The zero-order valence-electron chi connectivity index (χ0n) is 16.7. The van der Waals surface area contributed by atoms with Crippen LogP contribution in [0.2, 0.25) is 0 Å². The van der Waals surface area contributed by atoms with Crippen molar-refractivity contribution >= 4 is 17.9 Å². The number of rotatable bonds is 9. The number of halogens is 3. The van der Waals surface area contributed by atoms with Crippen molar-refractivity contribution in [2.75, 3.05) is 0 Å². The predicted molar refractivity (Wildman–Crippen MR) is 109 cm³/mol. The highest BCUT2D eigenvalue weighted by Crippen LogP contribution is 2.23. The smallest absolute Gasteiger partial charge is 0.487 e. The average molecular weight is 431 g/mol. The summed E-state index contributed by atoms with van der Waals surface area (Å²) in [6.07, 6.45) is 1.30. The van der Waals surface area contributed by atoms with E-state index >= 15 is 0 Å². The van der Waals surface area contributed by atoms with Crippen molar-refractivity contribution in [3.8, 4) is 11.5 Å². The Morgan fingerprint density at radius 2 is 1.71 bits per heavy atom. The molecule has 0 fully saturated rings. The number of carbonyl (C=O) groups excluding carboxylic acids is 1. The van der Waals surface area contributed by atoms with Gasteiger partial charge >= 0.3 is 6.36 Å². The topological polar surface area (TPSA) is 61.6 Å². The van der Waals surface area contributed by atoms with E-state index in [-0.39, 0.29) is 18.1 Å².